The molecule has 1 heterocycles. The highest BCUT2D eigenvalue weighted by molar-refractivity contribution is 4.80. The Morgan fingerprint density at radius 1 is 1.70 bits per heavy atom. The molecule has 1 rings (SSSR count). The minimum absolute atomic E-state index is 0.0202. The van der Waals surface area contributed by atoms with E-state index in [1.807, 2.05) is 0 Å². The molecule has 0 saturated carbocycles. The van der Waals surface area contributed by atoms with Crippen molar-refractivity contribution in [3.63, 3.8) is 0 Å². The van der Waals surface area contributed by atoms with E-state index in [0.29, 0.717) is 6.42 Å². The zero-order chi connectivity index (χ0) is 7.40. The monoisotopic (exact) mass is 144 g/mol. The van der Waals surface area contributed by atoms with Crippen LogP contribution in [0.1, 0.15) is 19.3 Å². The lowest BCUT2D eigenvalue weighted by atomic mass is 10.1. The van der Waals surface area contributed by atoms with E-state index in [9.17, 15) is 5.11 Å². The van der Waals surface area contributed by atoms with Gasteiger partial charge < -0.3 is 10.4 Å². The standard InChI is InChI=1S/C7H14NO2/c9-5-3-7(10)6-2-1-4-8-6/h6-9H,1-5H2. The molecule has 10 heavy (non-hydrogen) atoms. The van der Waals surface area contributed by atoms with Crippen molar-refractivity contribution in [1.82, 2.24) is 5.32 Å². The second-order valence-electron chi connectivity index (χ2n) is 2.75. The summed E-state index contributed by atoms with van der Waals surface area (Å²) in [4.78, 5) is 0. The minimum Gasteiger partial charge on any atom is -0.396 e. The number of aliphatic hydroxyl groups is 1. The van der Waals surface area contributed by atoms with Crippen LogP contribution in [0.4, 0.5) is 0 Å². The van der Waals surface area contributed by atoms with Crippen molar-refractivity contribution >= 4 is 0 Å². The van der Waals surface area contributed by atoms with Crippen LogP contribution >= 0.6 is 0 Å². The molecule has 2 N–H and O–H groups in total. The fourth-order valence-electron chi connectivity index (χ4n) is 1.36. The summed E-state index contributed by atoms with van der Waals surface area (Å²) >= 11 is 0. The molecule has 0 aromatic heterocycles. The van der Waals surface area contributed by atoms with E-state index in [1.54, 1.807) is 0 Å². The van der Waals surface area contributed by atoms with Crippen LogP contribution in [0.5, 0.6) is 0 Å². The molecule has 1 fully saturated rings. The smallest absolute Gasteiger partial charge is 0.110 e. The third-order valence-electron chi connectivity index (χ3n) is 1.96. The van der Waals surface area contributed by atoms with Crippen molar-refractivity contribution < 1.29 is 10.2 Å². The van der Waals surface area contributed by atoms with Crippen LogP contribution in [-0.4, -0.2) is 30.4 Å². The van der Waals surface area contributed by atoms with Gasteiger partial charge in [-0.1, -0.05) is 0 Å². The van der Waals surface area contributed by atoms with Gasteiger partial charge in [-0.2, -0.15) is 0 Å². The van der Waals surface area contributed by atoms with Crippen LogP contribution in [-0.2, 0) is 5.11 Å². The van der Waals surface area contributed by atoms with Gasteiger partial charge in [0.15, 0.2) is 0 Å². The Morgan fingerprint density at radius 3 is 3.00 bits per heavy atom. The highest BCUT2D eigenvalue weighted by Crippen LogP contribution is 2.11. The van der Waals surface area contributed by atoms with E-state index in [-0.39, 0.29) is 12.6 Å². The Labute approximate surface area is 61.1 Å². The summed E-state index contributed by atoms with van der Waals surface area (Å²) in [6, 6.07) is 0.118. The summed E-state index contributed by atoms with van der Waals surface area (Å²) in [5.41, 5.74) is 0. The lowest BCUT2D eigenvalue weighted by Crippen LogP contribution is -2.34. The quantitative estimate of drug-likeness (QED) is 0.582. The first-order valence-corrected chi connectivity index (χ1v) is 3.84. The Balaban J connectivity index is 2.18. The largest absolute Gasteiger partial charge is 0.396 e. The zero-order valence-corrected chi connectivity index (χ0v) is 6.05. The molecule has 0 bridgehead atoms. The van der Waals surface area contributed by atoms with Crippen molar-refractivity contribution in [3.05, 3.63) is 0 Å². The van der Waals surface area contributed by atoms with Crippen LogP contribution in [0.2, 0.25) is 0 Å². The maximum absolute atomic E-state index is 11.1. The molecule has 59 valence electrons. The van der Waals surface area contributed by atoms with E-state index in [2.05, 4.69) is 5.32 Å². The van der Waals surface area contributed by atoms with Gasteiger partial charge in [-0.15, -0.1) is 0 Å². The molecule has 1 saturated heterocycles. The van der Waals surface area contributed by atoms with E-state index in [0.717, 1.165) is 19.4 Å². The van der Waals surface area contributed by atoms with Crippen LogP contribution in [0.3, 0.4) is 0 Å². The summed E-state index contributed by atoms with van der Waals surface area (Å²) in [7, 11) is 0. The molecule has 2 unspecified atom stereocenters. The molecular formula is C7H14NO2. The van der Waals surface area contributed by atoms with Crippen molar-refractivity contribution in [1.29, 1.82) is 0 Å². The van der Waals surface area contributed by atoms with Gasteiger partial charge in [0, 0.05) is 19.1 Å². The third kappa shape index (κ3) is 1.94. The summed E-state index contributed by atoms with van der Waals surface area (Å²) in [6.45, 7) is 0.987. The van der Waals surface area contributed by atoms with Crippen molar-refractivity contribution in [2.75, 3.05) is 13.2 Å². The van der Waals surface area contributed by atoms with Crippen LogP contribution < -0.4 is 5.32 Å². The maximum atomic E-state index is 11.1. The Bertz CT molecular complexity index is 91.6. The minimum atomic E-state index is -0.604. The van der Waals surface area contributed by atoms with E-state index < -0.39 is 6.10 Å². The number of hydrogen-bond acceptors (Lipinski definition) is 2. The fraction of sp³-hybridized carbons (Fsp3) is 1.00. The molecular weight excluding hydrogens is 130 g/mol. The van der Waals surface area contributed by atoms with Crippen molar-refractivity contribution in [2.45, 2.75) is 31.4 Å². The number of hydrogen-bond donors (Lipinski definition) is 2. The molecule has 1 aliphatic heterocycles. The van der Waals surface area contributed by atoms with Gasteiger partial charge in [0.1, 0.15) is 6.10 Å². The molecule has 0 amide bonds. The van der Waals surface area contributed by atoms with Crippen molar-refractivity contribution in [3.8, 4) is 0 Å². The summed E-state index contributed by atoms with van der Waals surface area (Å²) in [6.07, 6.45) is 1.87. The fourth-order valence-corrected chi connectivity index (χ4v) is 1.36. The van der Waals surface area contributed by atoms with Crippen LogP contribution in [0.25, 0.3) is 0 Å². The predicted molar refractivity (Wildman–Crippen MR) is 37.2 cm³/mol. The molecule has 0 aromatic rings. The van der Waals surface area contributed by atoms with E-state index in [4.69, 9.17) is 5.11 Å². The van der Waals surface area contributed by atoms with Crippen molar-refractivity contribution in [2.24, 2.45) is 0 Å². The molecule has 0 aliphatic carbocycles. The third-order valence-corrected chi connectivity index (χ3v) is 1.96. The average Bonchev–Trinajstić information content (AvgIpc) is 2.38. The Hall–Kier alpha value is -0.120. The predicted octanol–water partition coefficient (Wildman–Crippen LogP) is -0.0801. The van der Waals surface area contributed by atoms with Gasteiger partial charge >= 0.3 is 0 Å². The average molecular weight is 144 g/mol. The SMILES string of the molecule is [O]C(CCO)C1CCCN1. The molecule has 2 atom stereocenters. The first-order chi connectivity index (χ1) is 4.84. The first-order valence-electron chi connectivity index (χ1n) is 3.84. The first kappa shape index (κ1) is 7.98. The number of nitrogens with one attached hydrogen (secondary N) is 1. The van der Waals surface area contributed by atoms with Gasteiger partial charge in [0.05, 0.1) is 0 Å². The normalized spacial score (nSPS) is 28.8. The molecule has 3 heteroatoms. The Morgan fingerprint density at radius 2 is 2.50 bits per heavy atom. The second-order valence-corrected chi connectivity index (χ2v) is 2.75. The van der Waals surface area contributed by atoms with Crippen LogP contribution in [0.15, 0.2) is 0 Å². The number of rotatable bonds is 3. The van der Waals surface area contributed by atoms with Gasteiger partial charge in [-0.25, -0.2) is 5.11 Å². The summed E-state index contributed by atoms with van der Waals surface area (Å²) in [5, 5.41) is 22.7. The zero-order valence-electron chi connectivity index (χ0n) is 6.05. The highest BCUT2D eigenvalue weighted by Gasteiger charge is 2.22. The second kappa shape index (κ2) is 3.91. The topological polar surface area (TPSA) is 52.2 Å². The van der Waals surface area contributed by atoms with Gasteiger partial charge in [0.2, 0.25) is 0 Å². The lowest BCUT2D eigenvalue weighted by Gasteiger charge is -2.13. The highest BCUT2D eigenvalue weighted by atomic mass is 16.3. The van der Waals surface area contributed by atoms with E-state index >= 15 is 0 Å². The number of aliphatic hydroxyl groups excluding tert-OH is 1. The summed E-state index contributed by atoms with van der Waals surface area (Å²) in [5.74, 6) is 0. The van der Waals surface area contributed by atoms with Gasteiger partial charge in [0.25, 0.3) is 0 Å². The van der Waals surface area contributed by atoms with Crippen LogP contribution in [0, 0.1) is 0 Å². The van der Waals surface area contributed by atoms with Gasteiger partial charge in [-0.3, -0.25) is 0 Å². The molecule has 1 radical (unpaired) electrons. The molecule has 1 aliphatic rings. The molecule has 3 nitrogen and oxygen atoms in total. The van der Waals surface area contributed by atoms with E-state index in [1.165, 1.54) is 0 Å². The maximum Gasteiger partial charge on any atom is 0.110 e. The molecule has 0 aromatic carbocycles. The summed E-state index contributed by atoms with van der Waals surface area (Å²) < 4.78 is 0. The van der Waals surface area contributed by atoms with Gasteiger partial charge in [-0.05, 0) is 19.4 Å². The lowest BCUT2D eigenvalue weighted by molar-refractivity contribution is 0.0383. The Kier molecular flexibility index (Phi) is 3.12. The molecule has 0 spiro atoms.